The van der Waals surface area contributed by atoms with E-state index in [1.54, 1.807) is 13.8 Å². The van der Waals surface area contributed by atoms with Crippen molar-refractivity contribution in [2.75, 3.05) is 0 Å². The highest BCUT2D eigenvalue weighted by Crippen LogP contribution is 2.18. The number of nitro benzene ring substituents is 1. The van der Waals surface area contributed by atoms with Crippen molar-refractivity contribution >= 4 is 11.6 Å². The number of carbonyl (C=O) groups is 1. The molecule has 1 aromatic heterocycles. The van der Waals surface area contributed by atoms with Crippen LogP contribution in [-0.2, 0) is 0 Å². The normalized spacial score (nSPS) is 12.0. The minimum atomic E-state index is -0.839. The molecule has 0 radical (unpaired) electrons. The number of aromatic nitrogens is 1. The number of aryl methyl sites for hydroxylation is 1. The molecule has 0 bridgehead atoms. The first-order valence-electron chi connectivity index (χ1n) is 6.05. The predicted octanol–water partition coefficient (Wildman–Crippen LogP) is 2.52. The van der Waals surface area contributed by atoms with Crippen molar-refractivity contribution in [2.24, 2.45) is 0 Å². The van der Waals surface area contributed by atoms with E-state index < -0.39 is 28.3 Å². The number of rotatable bonds is 4. The molecule has 1 atom stereocenters. The molecule has 1 N–H and O–H groups in total. The second kappa shape index (κ2) is 5.70. The topological polar surface area (TPSA) is 98.3 Å². The van der Waals surface area contributed by atoms with Gasteiger partial charge in [0.1, 0.15) is 17.6 Å². The van der Waals surface area contributed by atoms with Crippen LogP contribution in [0.1, 0.15) is 35.0 Å². The van der Waals surface area contributed by atoms with Crippen LogP contribution in [-0.4, -0.2) is 15.8 Å². The van der Waals surface area contributed by atoms with Gasteiger partial charge in [0.2, 0.25) is 5.89 Å². The lowest BCUT2D eigenvalue weighted by Gasteiger charge is -2.10. The zero-order valence-corrected chi connectivity index (χ0v) is 11.3. The van der Waals surface area contributed by atoms with Crippen LogP contribution in [0, 0.1) is 22.9 Å². The van der Waals surface area contributed by atoms with Crippen molar-refractivity contribution in [3.8, 4) is 0 Å². The highest BCUT2D eigenvalue weighted by Gasteiger charge is 2.20. The molecule has 1 unspecified atom stereocenters. The van der Waals surface area contributed by atoms with Crippen LogP contribution in [0.4, 0.5) is 10.1 Å². The lowest BCUT2D eigenvalue weighted by atomic mass is 10.1. The smallest absolute Gasteiger partial charge is 0.270 e. The molecule has 0 spiro atoms. The molecule has 21 heavy (non-hydrogen) atoms. The van der Waals surface area contributed by atoms with Gasteiger partial charge in [0.05, 0.1) is 16.7 Å². The Labute approximate surface area is 118 Å². The minimum Gasteiger partial charge on any atom is -0.444 e. The summed E-state index contributed by atoms with van der Waals surface area (Å²) in [7, 11) is 0. The van der Waals surface area contributed by atoms with Crippen molar-refractivity contribution in [2.45, 2.75) is 19.9 Å². The lowest BCUT2D eigenvalue weighted by Crippen LogP contribution is -2.27. The molecule has 2 rings (SSSR count). The summed E-state index contributed by atoms with van der Waals surface area (Å²) in [6.07, 6.45) is 1.49. The fourth-order valence-corrected chi connectivity index (χ4v) is 1.71. The number of oxazole rings is 1. The molecule has 1 heterocycles. The molecule has 1 amide bonds. The minimum absolute atomic E-state index is 0.270. The monoisotopic (exact) mass is 293 g/mol. The molecule has 0 aliphatic carbocycles. The summed E-state index contributed by atoms with van der Waals surface area (Å²) in [5, 5.41) is 13.1. The van der Waals surface area contributed by atoms with Crippen LogP contribution in [0.15, 0.2) is 28.8 Å². The Bertz CT molecular complexity index is 698. The second-order valence-corrected chi connectivity index (χ2v) is 4.43. The van der Waals surface area contributed by atoms with E-state index in [2.05, 4.69) is 10.3 Å². The average Bonchev–Trinajstić information content (AvgIpc) is 2.85. The molecule has 0 aliphatic heterocycles. The SMILES string of the molecule is Cc1cnc(C(C)NC(=O)c2cc([N+](=O)[O-])ccc2F)o1. The molecule has 0 saturated heterocycles. The van der Waals surface area contributed by atoms with Crippen LogP contribution in [0.25, 0.3) is 0 Å². The summed E-state index contributed by atoms with van der Waals surface area (Å²) in [5.41, 5.74) is -0.763. The summed E-state index contributed by atoms with van der Waals surface area (Å²) < 4.78 is 18.9. The number of nitrogens with one attached hydrogen (secondary N) is 1. The Morgan fingerprint density at radius 1 is 1.52 bits per heavy atom. The lowest BCUT2D eigenvalue weighted by molar-refractivity contribution is -0.384. The van der Waals surface area contributed by atoms with E-state index in [9.17, 15) is 19.3 Å². The van der Waals surface area contributed by atoms with Gasteiger partial charge in [-0.15, -0.1) is 0 Å². The number of amides is 1. The molecule has 1 aromatic carbocycles. The highest BCUT2D eigenvalue weighted by molar-refractivity contribution is 5.95. The van der Waals surface area contributed by atoms with Gasteiger partial charge in [-0.05, 0) is 19.9 Å². The van der Waals surface area contributed by atoms with E-state index in [1.165, 1.54) is 6.20 Å². The second-order valence-electron chi connectivity index (χ2n) is 4.43. The molecule has 110 valence electrons. The van der Waals surface area contributed by atoms with Crippen molar-refractivity contribution in [1.82, 2.24) is 10.3 Å². The zero-order chi connectivity index (χ0) is 15.6. The Hall–Kier alpha value is -2.77. The Morgan fingerprint density at radius 2 is 2.24 bits per heavy atom. The fourth-order valence-electron chi connectivity index (χ4n) is 1.71. The van der Waals surface area contributed by atoms with Crippen LogP contribution >= 0.6 is 0 Å². The van der Waals surface area contributed by atoms with E-state index in [0.29, 0.717) is 5.76 Å². The fraction of sp³-hybridized carbons (Fsp3) is 0.231. The number of nitrogens with zero attached hydrogens (tertiary/aromatic N) is 2. The van der Waals surface area contributed by atoms with Gasteiger partial charge in [0, 0.05) is 12.1 Å². The molecule has 2 aromatic rings. The quantitative estimate of drug-likeness (QED) is 0.689. The van der Waals surface area contributed by atoms with Gasteiger partial charge in [-0.1, -0.05) is 0 Å². The van der Waals surface area contributed by atoms with Crippen molar-refractivity contribution < 1.29 is 18.5 Å². The van der Waals surface area contributed by atoms with Crippen LogP contribution in [0.5, 0.6) is 0 Å². The number of hydrogen-bond acceptors (Lipinski definition) is 5. The van der Waals surface area contributed by atoms with E-state index in [-0.39, 0.29) is 11.6 Å². The number of benzene rings is 1. The number of nitro groups is 1. The van der Waals surface area contributed by atoms with Gasteiger partial charge < -0.3 is 9.73 Å². The van der Waals surface area contributed by atoms with Gasteiger partial charge in [0.25, 0.3) is 11.6 Å². The zero-order valence-electron chi connectivity index (χ0n) is 11.3. The summed E-state index contributed by atoms with van der Waals surface area (Å²) in [5.74, 6) is -0.771. The third-order valence-electron chi connectivity index (χ3n) is 2.76. The number of halogens is 1. The van der Waals surface area contributed by atoms with Crippen molar-refractivity contribution in [1.29, 1.82) is 0 Å². The van der Waals surface area contributed by atoms with Crippen LogP contribution in [0.2, 0.25) is 0 Å². The molecular formula is C13H12FN3O4. The highest BCUT2D eigenvalue weighted by atomic mass is 19.1. The maximum atomic E-state index is 13.6. The van der Waals surface area contributed by atoms with E-state index in [1.807, 2.05) is 0 Å². The van der Waals surface area contributed by atoms with E-state index in [0.717, 1.165) is 18.2 Å². The Morgan fingerprint density at radius 3 is 2.81 bits per heavy atom. The maximum absolute atomic E-state index is 13.6. The standard InChI is InChI=1S/C13H12FN3O4/c1-7-6-15-13(21-7)8(2)16-12(18)10-5-9(17(19)20)3-4-11(10)14/h3-6,8H,1-2H3,(H,16,18). The van der Waals surface area contributed by atoms with Gasteiger partial charge in [-0.3, -0.25) is 14.9 Å². The summed E-state index contributed by atoms with van der Waals surface area (Å²) in [4.78, 5) is 25.9. The molecule has 0 saturated carbocycles. The maximum Gasteiger partial charge on any atom is 0.270 e. The Kier molecular flexibility index (Phi) is 3.97. The first-order valence-corrected chi connectivity index (χ1v) is 6.05. The van der Waals surface area contributed by atoms with Crippen molar-refractivity contribution in [3.63, 3.8) is 0 Å². The van der Waals surface area contributed by atoms with Gasteiger partial charge >= 0.3 is 0 Å². The molecule has 0 fully saturated rings. The third-order valence-corrected chi connectivity index (χ3v) is 2.76. The van der Waals surface area contributed by atoms with Gasteiger partial charge in [0.15, 0.2) is 0 Å². The largest absolute Gasteiger partial charge is 0.444 e. The van der Waals surface area contributed by atoms with E-state index >= 15 is 0 Å². The van der Waals surface area contributed by atoms with Crippen LogP contribution < -0.4 is 5.32 Å². The average molecular weight is 293 g/mol. The first-order chi connectivity index (χ1) is 9.88. The molecule has 0 aliphatic rings. The summed E-state index contributed by atoms with van der Waals surface area (Å²) in [6.45, 7) is 3.31. The van der Waals surface area contributed by atoms with Crippen LogP contribution in [0.3, 0.4) is 0 Å². The first kappa shape index (κ1) is 14.6. The molecular weight excluding hydrogens is 281 g/mol. The summed E-state index contributed by atoms with van der Waals surface area (Å²) in [6, 6.07) is 2.17. The Balaban J connectivity index is 2.20. The third kappa shape index (κ3) is 3.22. The number of carbonyl (C=O) groups excluding carboxylic acids is 1. The number of non-ortho nitro benzene ring substituents is 1. The van der Waals surface area contributed by atoms with Gasteiger partial charge in [-0.25, -0.2) is 9.37 Å². The van der Waals surface area contributed by atoms with Gasteiger partial charge in [-0.2, -0.15) is 0 Å². The number of hydrogen-bond donors (Lipinski definition) is 1. The molecule has 7 nitrogen and oxygen atoms in total. The predicted molar refractivity (Wildman–Crippen MR) is 70.2 cm³/mol. The summed E-state index contributed by atoms with van der Waals surface area (Å²) >= 11 is 0. The van der Waals surface area contributed by atoms with E-state index in [4.69, 9.17) is 4.42 Å². The van der Waals surface area contributed by atoms with Crippen molar-refractivity contribution in [3.05, 3.63) is 57.5 Å². The molecule has 8 heteroatoms.